The molecule has 0 aliphatic carbocycles. The van der Waals surface area contributed by atoms with Gasteiger partial charge in [0.15, 0.2) is 0 Å². The molecule has 1 aromatic carbocycles. The van der Waals surface area contributed by atoms with Gasteiger partial charge in [-0.1, -0.05) is 51.8 Å². The fourth-order valence-electron chi connectivity index (χ4n) is 2.59. The number of phenolic OH excluding ortho intramolecular Hbond substituents is 1. The van der Waals surface area contributed by atoms with Crippen LogP contribution in [0.15, 0.2) is 24.3 Å². The molecule has 0 saturated heterocycles. The SMILES string of the molecule is CCCCN(CCCC)C(CC)c1ccccc1O. The molecule has 0 aromatic heterocycles. The Morgan fingerprint density at radius 1 is 1.00 bits per heavy atom. The maximum Gasteiger partial charge on any atom is 0.120 e. The highest BCUT2D eigenvalue weighted by Crippen LogP contribution is 2.31. The van der Waals surface area contributed by atoms with Crippen LogP contribution in [0.5, 0.6) is 5.75 Å². The van der Waals surface area contributed by atoms with Crippen molar-refractivity contribution in [1.29, 1.82) is 0 Å². The van der Waals surface area contributed by atoms with Gasteiger partial charge in [-0.25, -0.2) is 0 Å². The Labute approximate surface area is 118 Å². The van der Waals surface area contributed by atoms with Gasteiger partial charge in [0.1, 0.15) is 5.75 Å². The highest BCUT2D eigenvalue weighted by atomic mass is 16.3. The van der Waals surface area contributed by atoms with Gasteiger partial charge in [0.05, 0.1) is 0 Å². The minimum Gasteiger partial charge on any atom is -0.508 e. The topological polar surface area (TPSA) is 23.5 Å². The molecule has 0 bridgehead atoms. The number of rotatable bonds is 9. The average molecular weight is 263 g/mol. The summed E-state index contributed by atoms with van der Waals surface area (Å²) < 4.78 is 0. The second-order valence-electron chi connectivity index (χ2n) is 5.23. The first-order chi connectivity index (χ1) is 9.24. The normalized spacial score (nSPS) is 12.8. The van der Waals surface area contributed by atoms with Crippen molar-refractivity contribution in [3.8, 4) is 5.75 Å². The smallest absolute Gasteiger partial charge is 0.120 e. The van der Waals surface area contributed by atoms with Crippen molar-refractivity contribution >= 4 is 0 Å². The molecule has 0 fully saturated rings. The minimum absolute atomic E-state index is 0.347. The van der Waals surface area contributed by atoms with E-state index in [-0.39, 0.29) is 0 Å². The van der Waals surface area contributed by atoms with Gasteiger partial charge in [0.2, 0.25) is 0 Å². The Bertz CT molecular complexity index is 343. The first kappa shape index (κ1) is 16.0. The maximum atomic E-state index is 10.1. The molecule has 19 heavy (non-hydrogen) atoms. The molecular formula is C17H29NO. The van der Waals surface area contributed by atoms with Crippen LogP contribution in [0.1, 0.15) is 64.5 Å². The largest absolute Gasteiger partial charge is 0.508 e. The zero-order valence-corrected chi connectivity index (χ0v) is 12.7. The van der Waals surface area contributed by atoms with Gasteiger partial charge in [0, 0.05) is 11.6 Å². The number of hydrogen-bond donors (Lipinski definition) is 1. The van der Waals surface area contributed by atoms with Crippen molar-refractivity contribution < 1.29 is 5.11 Å². The summed E-state index contributed by atoms with van der Waals surface area (Å²) in [6.45, 7) is 8.94. The number of hydrogen-bond acceptors (Lipinski definition) is 2. The van der Waals surface area contributed by atoms with Gasteiger partial charge >= 0.3 is 0 Å². The predicted molar refractivity (Wildman–Crippen MR) is 82.5 cm³/mol. The minimum atomic E-state index is 0.347. The van der Waals surface area contributed by atoms with Crippen LogP contribution in [0.25, 0.3) is 0 Å². The van der Waals surface area contributed by atoms with E-state index in [0.717, 1.165) is 25.1 Å². The van der Waals surface area contributed by atoms with Crippen molar-refractivity contribution in [2.75, 3.05) is 13.1 Å². The lowest BCUT2D eigenvalue weighted by atomic mass is 10.0. The summed E-state index contributed by atoms with van der Waals surface area (Å²) >= 11 is 0. The van der Waals surface area contributed by atoms with E-state index in [1.807, 2.05) is 12.1 Å². The zero-order chi connectivity index (χ0) is 14.1. The quantitative estimate of drug-likeness (QED) is 0.695. The van der Waals surface area contributed by atoms with Crippen LogP contribution in [-0.2, 0) is 0 Å². The van der Waals surface area contributed by atoms with E-state index in [4.69, 9.17) is 0 Å². The molecule has 108 valence electrons. The Kier molecular flexibility index (Phi) is 7.57. The Morgan fingerprint density at radius 3 is 2.05 bits per heavy atom. The highest BCUT2D eigenvalue weighted by Gasteiger charge is 2.20. The molecule has 0 aliphatic heterocycles. The molecule has 0 spiro atoms. The van der Waals surface area contributed by atoms with E-state index in [1.54, 1.807) is 6.07 Å². The summed E-state index contributed by atoms with van der Waals surface area (Å²) in [4.78, 5) is 2.54. The van der Waals surface area contributed by atoms with E-state index < -0.39 is 0 Å². The number of benzene rings is 1. The molecule has 0 radical (unpaired) electrons. The van der Waals surface area contributed by atoms with Crippen LogP contribution in [0.2, 0.25) is 0 Å². The number of para-hydroxylation sites is 1. The van der Waals surface area contributed by atoms with E-state index in [0.29, 0.717) is 11.8 Å². The van der Waals surface area contributed by atoms with Gasteiger partial charge < -0.3 is 5.11 Å². The lowest BCUT2D eigenvalue weighted by Crippen LogP contribution is -2.30. The third-order valence-corrected chi connectivity index (χ3v) is 3.72. The van der Waals surface area contributed by atoms with Gasteiger partial charge in [-0.05, 0) is 38.4 Å². The van der Waals surface area contributed by atoms with Crippen LogP contribution >= 0.6 is 0 Å². The second-order valence-corrected chi connectivity index (χ2v) is 5.23. The zero-order valence-electron chi connectivity index (χ0n) is 12.7. The van der Waals surface area contributed by atoms with Gasteiger partial charge in [0.25, 0.3) is 0 Å². The molecule has 1 rings (SSSR count). The summed E-state index contributed by atoms with van der Waals surface area (Å²) in [6.07, 6.45) is 5.95. The van der Waals surface area contributed by atoms with Crippen LogP contribution in [0.4, 0.5) is 0 Å². The number of phenols is 1. The lowest BCUT2D eigenvalue weighted by Gasteiger charge is -2.31. The first-order valence-electron chi connectivity index (χ1n) is 7.76. The summed E-state index contributed by atoms with van der Waals surface area (Å²) in [5.74, 6) is 0.437. The molecule has 0 heterocycles. The summed E-state index contributed by atoms with van der Waals surface area (Å²) in [6, 6.07) is 8.13. The Hall–Kier alpha value is -1.02. The molecule has 1 unspecified atom stereocenters. The predicted octanol–water partition coefficient (Wildman–Crippen LogP) is 4.75. The summed E-state index contributed by atoms with van der Waals surface area (Å²) in [5, 5.41) is 10.1. The van der Waals surface area contributed by atoms with E-state index >= 15 is 0 Å². The summed E-state index contributed by atoms with van der Waals surface area (Å²) in [5.41, 5.74) is 1.08. The Morgan fingerprint density at radius 2 is 1.58 bits per heavy atom. The van der Waals surface area contributed by atoms with Gasteiger partial charge in [-0.3, -0.25) is 4.90 Å². The monoisotopic (exact) mass is 263 g/mol. The van der Waals surface area contributed by atoms with E-state index in [1.165, 1.54) is 25.7 Å². The summed E-state index contributed by atoms with van der Waals surface area (Å²) in [7, 11) is 0. The molecule has 2 nitrogen and oxygen atoms in total. The molecule has 1 aromatic rings. The van der Waals surface area contributed by atoms with Crippen LogP contribution in [0.3, 0.4) is 0 Å². The molecule has 0 aliphatic rings. The molecular weight excluding hydrogens is 234 g/mol. The van der Waals surface area contributed by atoms with Crippen LogP contribution in [-0.4, -0.2) is 23.1 Å². The standard InChI is InChI=1S/C17H29NO/c1-4-7-13-18(14-8-5-2)16(6-3)15-11-9-10-12-17(15)19/h9-12,16,19H,4-8,13-14H2,1-3H3. The third-order valence-electron chi connectivity index (χ3n) is 3.72. The third kappa shape index (κ3) is 4.87. The number of unbranched alkanes of at least 4 members (excludes halogenated alkanes) is 2. The number of nitrogens with zero attached hydrogens (tertiary/aromatic N) is 1. The molecule has 1 N–H and O–H groups in total. The van der Waals surface area contributed by atoms with E-state index in [2.05, 4.69) is 31.7 Å². The van der Waals surface area contributed by atoms with Crippen molar-refractivity contribution in [1.82, 2.24) is 4.90 Å². The second kappa shape index (κ2) is 8.98. The van der Waals surface area contributed by atoms with Gasteiger partial charge in [-0.15, -0.1) is 0 Å². The van der Waals surface area contributed by atoms with Crippen molar-refractivity contribution in [2.24, 2.45) is 0 Å². The molecule has 1 atom stereocenters. The van der Waals surface area contributed by atoms with Crippen molar-refractivity contribution in [2.45, 2.75) is 58.9 Å². The average Bonchev–Trinajstić information content (AvgIpc) is 2.43. The van der Waals surface area contributed by atoms with E-state index in [9.17, 15) is 5.11 Å². The van der Waals surface area contributed by atoms with Crippen LogP contribution in [0, 0.1) is 0 Å². The first-order valence-corrected chi connectivity index (χ1v) is 7.76. The fraction of sp³-hybridized carbons (Fsp3) is 0.647. The van der Waals surface area contributed by atoms with Crippen molar-refractivity contribution in [3.05, 3.63) is 29.8 Å². The Balaban J connectivity index is 2.85. The molecule has 2 heteroatoms. The molecule has 0 saturated carbocycles. The van der Waals surface area contributed by atoms with Crippen LogP contribution < -0.4 is 0 Å². The number of aromatic hydroxyl groups is 1. The van der Waals surface area contributed by atoms with Crippen molar-refractivity contribution in [3.63, 3.8) is 0 Å². The maximum absolute atomic E-state index is 10.1. The lowest BCUT2D eigenvalue weighted by molar-refractivity contribution is 0.183. The fourth-order valence-corrected chi connectivity index (χ4v) is 2.59. The highest BCUT2D eigenvalue weighted by molar-refractivity contribution is 5.34. The van der Waals surface area contributed by atoms with Gasteiger partial charge in [-0.2, -0.15) is 0 Å². The molecule has 0 amide bonds.